The van der Waals surface area contributed by atoms with Gasteiger partial charge in [-0.3, -0.25) is 0 Å². The second-order valence-electron chi connectivity index (χ2n) is 5.17. The van der Waals surface area contributed by atoms with E-state index in [0.29, 0.717) is 28.6 Å². The molecule has 0 aliphatic rings. The molecule has 0 spiro atoms. The van der Waals surface area contributed by atoms with Crippen molar-refractivity contribution in [2.75, 3.05) is 0 Å². The minimum absolute atomic E-state index is 0.550. The maximum absolute atomic E-state index is 8.85. The largest absolute Gasteiger partial charge is 0.330 e. The number of nitrogens with zero attached hydrogens (tertiary/aromatic N) is 3. The Morgan fingerprint density at radius 3 is 2.61 bits per heavy atom. The van der Waals surface area contributed by atoms with Crippen LogP contribution in [0.3, 0.4) is 0 Å². The average Bonchev–Trinajstić information content (AvgIpc) is 2.99. The molecule has 0 saturated heterocycles. The second-order valence-corrected chi connectivity index (χ2v) is 5.95. The topological polar surface area (TPSA) is 41.6 Å². The van der Waals surface area contributed by atoms with Crippen molar-refractivity contribution in [3.63, 3.8) is 0 Å². The van der Waals surface area contributed by atoms with Crippen molar-refractivity contribution < 1.29 is 0 Å². The third-order valence-corrected chi connectivity index (χ3v) is 4.48. The molecule has 0 bridgehead atoms. The first kappa shape index (κ1) is 15.6. The standard InChI is InChI=1S/C18H13Cl2N3/c19-16-3-1-2-15(18(16)20)10-17-22-8-9-23(17)12-14-6-4-13(11-21)5-7-14/h1-9H,10,12H2. The molecule has 0 atom stereocenters. The predicted octanol–water partition coefficient (Wildman–Crippen LogP) is 4.70. The number of nitriles is 1. The summed E-state index contributed by atoms with van der Waals surface area (Å²) in [5, 5.41) is 9.98. The number of aromatic nitrogens is 2. The van der Waals surface area contributed by atoms with Gasteiger partial charge in [-0.1, -0.05) is 47.5 Å². The average molecular weight is 342 g/mol. The lowest BCUT2D eigenvalue weighted by Gasteiger charge is -2.10. The molecule has 0 radical (unpaired) electrons. The molecule has 23 heavy (non-hydrogen) atoms. The smallest absolute Gasteiger partial charge is 0.113 e. The van der Waals surface area contributed by atoms with Gasteiger partial charge in [0.15, 0.2) is 0 Å². The van der Waals surface area contributed by atoms with Crippen LogP contribution in [0.2, 0.25) is 10.0 Å². The van der Waals surface area contributed by atoms with Gasteiger partial charge in [0.25, 0.3) is 0 Å². The van der Waals surface area contributed by atoms with Crippen LogP contribution in [-0.2, 0) is 13.0 Å². The lowest BCUT2D eigenvalue weighted by atomic mass is 10.1. The number of rotatable bonds is 4. The third-order valence-electron chi connectivity index (χ3n) is 3.62. The lowest BCUT2D eigenvalue weighted by molar-refractivity contribution is 0.740. The molecular formula is C18H13Cl2N3. The van der Waals surface area contributed by atoms with Crippen molar-refractivity contribution in [2.45, 2.75) is 13.0 Å². The van der Waals surface area contributed by atoms with E-state index in [0.717, 1.165) is 17.0 Å². The summed E-state index contributed by atoms with van der Waals surface area (Å²) in [5.41, 5.74) is 2.72. The summed E-state index contributed by atoms with van der Waals surface area (Å²) in [6.45, 7) is 0.694. The fourth-order valence-electron chi connectivity index (χ4n) is 2.39. The van der Waals surface area contributed by atoms with Crippen LogP contribution < -0.4 is 0 Å². The molecule has 1 heterocycles. The molecular weight excluding hydrogens is 329 g/mol. The minimum Gasteiger partial charge on any atom is -0.330 e. The molecule has 3 nitrogen and oxygen atoms in total. The van der Waals surface area contributed by atoms with Crippen molar-refractivity contribution in [3.05, 3.63) is 87.4 Å². The van der Waals surface area contributed by atoms with Crippen molar-refractivity contribution in [2.24, 2.45) is 0 Å². The highest BCUT2D eigenvalue weighted by Crippen LogP contribution is 2.27. The summed E-state index contributed by atoms with van der Waals surface area (Å²) in [5.74, 6) is 0.915. The van der Waals surface area contributed by atoms with Crippen molar-refractivity contribution in [3.8, 4) is 6.07 Å². The molecule has 0 amide bonds. The van der Waals surface area contributed by atoms with Crippen LogP contribution in [0, 0.1) is 11.3 Å². The zero-order chi connectivity index (χ0) is 16.2. The Morgan fingerprint density at radius 1 is 1.09 bits per heavy atom. The maximum atomic E-state index is 8.85. The first-order chi connectivity index (χ1) is 11.2. The van der Waals surface area contributed by atoms with Gasteiger partial charge in [-0.2, -0.15) is 5.26 Å². The monoisotopic (exact) mass is 341 g/mol. The molecule has 5 heteroatoms. The number of imidazole rings is 1. The van der Waals surface area contributed by atoms with Gasteiger partial charge in [-0.05, 0) is 29.3 Å². The fourth-order valence-corrected chi connectivity index (χ4v) is 2.77. The van der Waals surface area contributed by atoms with E-state index in [1.54, 1.807) is 12.3 Å². The third kappa shape index (κ3) is 3.56. The molecule has 2 aromatic carbocycles. The van der Waals surface area contributed by atoms with Crippen molar-refractivity contribution in [1.82, 2.24) is 9.55 Å². The Labute approximate surface area is 144 Å². The Hall–Kier alpha value is -2.28. The molecule has 0 aliphatic heterocycles. The van der Waals surface area contributed by atoms with Gasteiger partial charge in [0.1, 0.15) is 5.82 Å². The fraction of sp³-hybridized carbons (Fsp3) is 0.111. The van der Waals surface area contributed by atoms with Crippen LogP contribution in [0.1, 0.15) is 22.5 Å². The first-order valence-corrected chi connectivity index (χ1v) is 7.85. The number of halogens is 2. The highest BCUT2D eigenvalue weighted by molar-refractivity contribution is 6.42. The first-order valence-electron chi connectivity index (χ1n) is 7.09. The Morgan fingerprint density at radius 2 is 1.87 bits per heavy atom. The summed E-state index contributed by atoms with van der Waals surface area (Å²) in [4.78, 5) is 4.42. The molecule has 3 rings (SSSR count). The van der Waals surface area contributed by atoms with Gasteiger partial charge < -0.3 is 4.57 Å². The summed E-state index contributed by atoms with van der Waals surface area (Å²) in [7, 11) is 0. The minimum atomic E-state index is 0.550. The zero-order valence-corrected chi connectivity index (χ0v) is 13.7. The Balaban J connectivity index is 1.82. The van der Waals surface area contributed by atoms with Gasteiger partial charge in [0.2, 0.25) is 0 Å². The van der Waals surface area contributed by atoms with Gasteiger partial charge >= 0.3 is 0 Å². The van der Waals surface area contributed by atoms with Crippen LogP contribution in [0.15, 0.2) is 54.9 Å². The zero-order valence-electron chi connectivity index (χ0n) is 12.2. The van der Waals surface area contributed by atoms with Gasteiger partial charge in [0.05, 0.1) is 21.7 Å². The van der Waals surface area contributed by atoms with Crippen molar-refractivity contribution >= 4 is 23.2 Å². The summed E-state index contributed by atoms with van der Waals surface area (Å²) in [6, 6.07) is 15.3. The molecule has 0 aliphatic carbocycles. The summed E-state index contributed by atoms with van der Waals surface area (Å²) < 4.78 is 2.07. The van der Waals surface area contributed by atoms with Crippen LogP contribution in [0.5, 0.6) is 0 Å². The van der Waals surface area contributed by atoms with E-state index in [9.17, 15) is 0 Å². The van der Waals surface area contributed by atoms with Crippen LogP contribution in [0.4, 0.5) is 0 Å². The highest BCUT2D eigenvalue weighted by Gasteiger charge is 2.09. The molecule has 0 unspecified atom stereocenters. The molecule has 0 N–H and O–H groups in total. The molecule has 1 aromatic heterocycles. The van der Waals surface area contributed by atoms with Crippen LogP contribution >= 0.6 is 23.2 Å². The number of benzene rings is 2. The normalized spacial score (nSPS) is 10.5. The molecule has 0 saturated carbocycles. The molecule has 0 fully saturated rings. The maximum Gasteiger partial charge on any atom is 0.113 e. The SMILES string of the molecule is N#Cc1ccc(Cn2ccnc2Cc2cccc(Cl)c2Cl)cc1. The number of hydrogen-bond donors (Lipinski definition) is 0. The quantitative estimate of drug-likeness (QED) is 0.690. The van der Waals surface area contributed by atoms with E-state index in [1.165, 1.54) is 0 Å². The summed E-state index contributed by atoms with van der Waals surface area (Å²) >= 11 is 12.3. The lowest BCUT2D eigenvalue weighted by Crippen LogP contribution is -2.05. The van der Waals surface area contributed by atoms with Crippen LogP contribution in [0.25, 0.3) is 0 Å². The molecule has 114 valence electrons. The Kier molecular flexibility index (Phi) is 4.66. The Bertz CT molecular complexity index is 861. The van der Waals surface area contributed by atoms with E-state index in [1.807, 2.05) is 42.6 Å². The van der Waals surface area contributed by atoms with Crippen LogP contribution in [-0.4, -0.2) is 9.55 Å². The van der Waals surface area contributed by atoms with E-state index >= 15 is 0 Å². The van der Waals surface area contributed by atoms with Gasteiger partial charge in [0, 0.05) is 25.4 Å². The van der Waals surface area contributed by atoms with Gasteiger partial charge in [-0.25, -0.2) is 4.98 Å². The van der Waals surface area contributed by atoms with E-state index < -0.39 is 0 Å². The van der Waals surface area contributed by atoms with Crippen molar-refractivity contribution in [1.29, 1.82) is 5.26 Å². The molecule has 3 aromatic rings. The second kappa shape index (κ2) is 6.87. The van der Waals surface area contributed by atoms with Gasteiger partial charge in [-0.15, -0.1) is 0 Å². The highest BCUT2D eigenvalue weighted by atomic mass is 35.5. The van der Waals surface area contributed by atoms with E-state index in [-0.39, 0.29) is 0 Å². The van der Waals surface area contributed by atoms with E-state index in [2.05, 4.69) is 15.6 Å². The van der Waals surface area contributed by atoms with E-state index in [4.69, 9.17) is 28.5 Å². The predicted molar refractivity (Wildman–Crippen MR) is 91.8 cm³/mol. The number of hydrogen-bond acceptors (Lipinski definition) is 2. The summed E-state index contributed by atoms with van der Waals surface area (Å²) in [6.07, 6.45) is 4.33.